The number of benzene rings is 2. The fraction of sp³-hybridized carbons (Fsp3) is 0.190. The van der Waals surface area contributed by atoms with Crippen molar-refractivity contribution in [2.24, 2.45) is 7.05 Å². The molecule has 0 saturated heterocycles. The number of H-pyrrole nitrogens is 1. The van der Waals surface area contributed by atoms with Gasteiger partial charge in [-0.25, -0.2) is 4.98 Å². The molecule has 0 aliphatic carbocycles. The van der Waals surface area contributed by atoms with Crippen molar-refractivity contribution in [3.05, 3.63) is 70.2 Å². The van der Waals surface area contributed by atoms with Crippen LogP contribution in [0.25, 0.3) is 11.0 Å². The highest BCUT2D eigenvalue weighted by Crippen LogP contribution is 2.17. The number of thioether (sulfide) groups is 1. The summed E-state index contributed by atoms with van der Waals surface area (Å²) >= 11 is 4.56. The summed E-state index contributed by atoms with van der Waals surface area (Å²) in [5.74, 6) is 1.06. The van der Waals surface area contributed by atoms with Gasteiger partial charge < -0.3 is 9.55 Å². The number of para-hydroxylation sites is 2. The summed E-state index contributed by atoms with van der Waals surface area (Å²) in [6.45, 7) is 0. The number of carbonyl (C=O) groups excluding carboxylic acids is 2. The monoisotopic (exact) mass is 513 g/mol. The van der Waals surface area contributed by atoms with Crippen molar-refractivity contribution < 1.29 is 9.59 Å². The second-order valence-corrected chi connectivity index (χ2v) is 8.81. The van der Waals surface area contributed by atoms with Gasteiger partial charge in [-0.2, -0.15) is 0 Å². The maximum atomic E-state index is 12.1. The number of amides is 2. The zero-order valence-corrected chi connectivity index (χ0v) is 19.5. The van der Waals surface area contributed by atoms with E-state index in [-0.39, 0.29) is 17.6 Å². The molecule has 4 rings (SSSR count). The van der Waals surface area contributed by atoms with Crippen molar-refractivity contribution in [1.82, 2.24) is 35.6 Å². The Morgan fingerprint density at radius 3 is 2.62 bits per heavy atom. The van der Waals surface area contributed by atoms with Gasteiger partial charge in [0.2, 0.25) is 5.91 Å². The van der Waals surface area contributed by atoms with E-state index in [9.17, 15) is 9.59 Å². The number of nitrogens with one attached hydrogen (secondary N) is 3. The molecule has 9 nitrogen and oxygen atoms in total. The molecule has 0 saturated carbocycles. The number of nitrogens with zero attached hydrogens (tertiary/aromatic N) is 4. The Labute approximate surface area is 196 Å². The second-order valence-electron chi connectivity index (χ2n) is 6.96. The first-order chi connectivity index (χ1) is 15.5. The van der Waals surface area contributed by atoms with Crippen LogP contribution in [0.1, 0.15) is 22.0 Å². The minimum Gasteiger partial charge on any atom is -0.342 e. The predicted octanol–water partition coefficient (Wildman–Crippen LogP) is 2.79. The molecule has 0 spiro atoms. The molecule has 2 aromatic heterocycles. The van der Waals surface area contributed by atoms with Crippen LogP contribution in [0.4, 0.5) is 0 Å². The van der Waals surface area contributed by atoms with Crippen LogP contribution in [0, 0.1) is 0 Å². The number of halogens is 1. The Morgan fingerprint density at radius 1 is 1.06 bits per heavy atom. The van der Waals surface area contributed by atoms with E-state index in [1.165, 1.54) is 11.8 Å². The standard InChI is InChI=1S/C21H20BrN7O2S/c1-29-18(11-10-17-23-15-4-2-3-5-16(15)24-17)25-28-21(29)32-12-19(30)26-27-20(31)13-6-8-14(22)9-7-13/h2-9H,10-12H2,1H3,(H,23,24)(H,26,30)(H,27,31). The summed E-state index contributed by atoms with van der Waals surface area (Å²) in [6.07, 6.45) is 1.37. The molecule has 0 aliphatic heterocycles. The average Bonchev–Trinajstić information content (AvgIpc) is 3.37. The predicted molar refractivity (Wildman–Crippen MR) is 125 cm³/mol. The number of aromatic nitrogens is 5. The quantitative estimate of drug-likeness (QED) is 0.258. The molecular weight excluding hydrogens is 494 g/mol. The van der Waals surface area contributed by atoms with E-state index in [1.807, 2.05) is 35.9 Å². The highest BCUT2D eigenvalue weighted by Gasteiger charge is 2.13. The van der Waals surface area contributed by atoms with E-state index in [0.29, 0.717) is 23.6 Å². The molecule has 2 heterocycles. The second kappa shape index (κ2) is 9.96. The number of imidazole rings is 1. The van der Waals surface area contributed by atoms with Crippen molar-refractivity contribution in [2.45, 2.75) is 18.0 Å². The van der Waals surface area contributed by atoms with E-state index < -0.39 is 0 Å². The lowest BCUT2D eigenvalue weighted by molar-refractivity contribution is -0.119. The zero-order valence-electron chi connectivity index (χ0n) is 17.1. The van der Waals surface area contributed by atoms with Crippen LogP contribution in [-0.2, 0) is 24.7 Å². The zero-order chi connectivity index (χ0) is 22.5. The number of aromatic amines is 1. The summed E-state index contributed by atoms with van der Waals surface area (Å²) in [6, 6.07) is 14.7. The molecule has 0 unspecified atom stereocenters. The maximum absolute atomic E-state index is 12.1. The van der Waals surface area contributed by atoms with Gasteiger partial charge in [-0.1, -0.05) is 39.8 Å². The third kappa shape index (κ3) is 5.35. The van der Waals surface area contributed by atoms with Crippen LogP contribution in [0.3, 0.4) is 0 Å². The summed E-state index contributed by atoms with van der Waals surface area (Å²) in [7, 11) is 1.86. The summed E-state index contributed by atoms with van der Waals surface area (Å²) < 4.78 is 2.73. The van der Waals surface area contributed by atoms with E-state index in [2.05, 4.69) is 46.9 Å². The number of carbonyl (C=O) groups is 2. The third-order valence-corrected chi connectivity index (χ3v) is 6.25. The molecule has 164 valence electrons. The molecule has 0 aliphatic rings. The number of hydrazine groups is 1. The largest absolute Gasteiger partial charge is 0.342 e. The van der Waals surface area contributed by atoms with Crippen molar-refractivity contribution >= 4 is 50.5 Å². The lowest BCUT2D eigenvalue weighted by atomic mass is 10.2. The van der Waals surface area contributed by atoms with Crippen molar-refractivity contribution in [2.75, 3.05) is 5.75 Å². The van der Waals surface area contributed by atoms with E-state index in [4.69, 9.17) is 0 Å². The van der Waals surface area contributed by atoms with Crippen LogP contribution in [0.15, 0.2) is 58.2 Å². The maximum Gasteiger partial charge on any atom is 0.269 e. The Balaban J connectivity index is 1.25. The number of rotatable bonds is 7. The molecule has 0 radical (unpaired) electrons. The van der Waals surface area contributed by atoms with Gasteiger partial charge in [0.25, 0.3) is 5.91 Å². The van der Waals surface area contributed by atoms with Crippen LogP contribution < -0.4 is 10.9 Å². The van der Waals surface area contributed by atoms with Crippen molar-refractivity contribution in [1.29, 1.82) is 0 Å². The summed E-state index contributed by atoms with van der Waals surface area (Å²) in [5.41, 5.74) is 7.21. The van der Waals surface area contributed by atoms with Crippen LogP contribution in [0.5, 0.6) is 0 Å². The van der Waals surface area contributed by atoms with E-state index in [1.54, 1.807) is 24.3 Å². The van der Waals surface area contributed by atoms with E-state index >= 15 is 0 Å². The normalized spacial score (nSPS) is 10.9. The van der Waals surface area contributed by atoms with Crippen LogP contribution in [-0.4, -0.2) is 42.3 Å². The lowest BCUT2D eigenvalue weighted by Gasteiger charge is -2.07. The Kier molecular flexibility index (Phi) is 6.86. The molecule has 32 heavy (non-hydrogen) atoms. The first-order valence-electron chi connectivity index (χ1n) is 9.79. The van der Waals surface area contributed by atoms with Gasteiger partial charge in [0.1, 0.15) is 11.6 Å². The Morgan fingerprint density at radius 2 is 1.84 bits per heavy atom. The Hall–Kier alpha value is -3.18. The minimum atomic E-state index is -0.387. The van der Waals surface area contributed by atoms with Gasteiger partial charge in [-0.3, -0.25) is 20.4 Å². The number of fused-ring (bicyclic) bond motifs is 1. The molecule has 4 aromatic rings. The molecule has 2 amide bonds. The average molecular weight is 514 g/mol. The van der Waals surface area contributed by atoms with Crippen LogP contribution in [0.2, 0.25) is 0 Å². The van der Waals surface area contributed by atoms with Crippen LogP contribution >= 0.6 is 27.7 Å². The fourth-order valence-electron chi connectivity index (χ4n) is 3.01. The fourth-order valence-corrected chi connectivity index (χ4v) is 4.00. The topological polar surface area (TPSA) is 118 Å². The van der Waals surface area contributed by atoms with Crippen molar-refractivity contribution in [3.63, 3.8) is 0 Å². The molecule has 0 bridgehead atoms. The SMILES string of the molecule is Cn1c(CCc2nc3ccccc3[nH]2)nnc1SCC(=O)NNC(=O)c1ccc(Br)cc1. The van der Waals surface area contributed by atoms with Gasteiger partial charge in [-0.05, 0) is 36.4 Å². The van der Waals surface area contributed by atoms with Crippen molar-refractivity contribution in [3.8, 4) is 0 Å². The molecule has 0 fully saturated rings. The molecule has 11 heteroatoms. The lowest BCUT2D eigenvalue weighted by Crippen LogP contribution is -2.42. The highest BCUT2D eigenvalue weighted by molar-refractivity contribution is 9.10. The smallest absolute Gasteiger partial charge is 0.269 e. The summed E-state index contributed by atoms with van der Waals surface area (Å²) in [5, 5.41) is 9.02. The molecular formula is C21H20BrN7O2S. The number of aryl methyl sites for hydroxylation is 2. The highest BCUT2D eigenvalue weighted by atomic mass is 79.9. The molecule has 2 aromatic carbocycles. The summed E-state index contributed by atoms with van der Waals surface area (Å²) in [4.78, 5) is 32.0. The number of hydrogen-bond acceptors (Lipinski definition) is 6. The first kappa shape index (κ1) is 22.0. The van der Waals surface area contributed by atoms with Gasteiger partial charge in [0, 0.05) is 29.9 Å². The minimum absolute atomic E-state index is 0.0934. The van der Waals surface area contributed by atoms with E-state index in [0.717, 1.165) is 27.2 Å². The molecule has 3 N–H and O–H groups in total. The van der Waals surface area contributed by atoms with Gasteiger partial charge in [-0.15, -0.1) is 10.2 Å². The van der Waals surface area contributed by atoms with Gasteiger partial charge >= 0.3 is 0 Å². The first-order valence-corrected chi connectivity index (χ1v) is 11.6. The van der Waals surface area contributed by atoms with Gasteiger partial charge in [0.05, 0.1) is 16.8 Å². The Bertz CT molecular complexity index is 1220. The van der Waals surface area contributed by atoms with Gasteiger partial charge in [0.15, 0.2) is 5.16 Å². The number of hydrogen-bond donors (Lipinski definition) is 3. The third-order valence-electron chi connectivity index (χ3n) is 4.70. The molecule has 0 atom stereocenters.